The number of rotatable bonds is 12. The number of hydrogen-bond acceptors (Lipinski definition) is 8. The molecule has 0 unspecified atom stereocenters. The highest BCUT2D eigenvalue weighted by Gasteiger charge is 2.35. The van der Waals surface area contributed by atoms with E-state index in [0.29, 0.717) is 22.8 Å². The van der Waals surface area contributed by atoms with Crippen molar-refractivity contribution >= 4 is 12.0 Å². The van der Waals surface area contributed by atoms with Crippen LogP contribution in [0.3, 0.4) is 0 Å². The summed E-state index contributed by atoms with van der Waals surface area (Å²) in [6.07, 6.45) is -1.23. The van der Waals surface area contributed by atoms with Crippen LogP contribution in [0.15, 0.2) is 91.1 Å². The fourth-order valence-electron chi connectivity index (χ4n) is 5.96. The van der Waals surface area contributed by atoms with Crippen molar-refractivity contribution in [2.24, 2.45) is 5.92 Å². The second-order valence-corrected chi connectivity index (χ2v) is 13.4. The summed E-state index contributed by atoms with van der Waals surface area (Å²) in [4.78, 5) is 31.3. The number of pyridine rings is 1. The minimum absolute atomic E-state index is 0.0157. The largest absolute Gasteiger partial charge is 0.490 e. The van der Waals surface area contributed by atoms with E-state index in [2.05, 4.69) is 15.6 Å². The summed E-state index contributed by atoms with van der Waals surface area (Å²) in [6, 6.07) is 22.9. The maximum absolute atomic E-state index is 14.9. The van der Waals surface area contributed by atoms with Gasteiger partial charge in [0.15, 0.2) is 0 Å². The molecule has 0 saturated carbocycles. The van der Waals surface area contributed by atoms with Crippen LogP contribution >= 0.6 is 0 Å². The van der Waals surface area contributed by atoms with Crippen molar-refractivity contribution in [3.63, 3.8) is 0 Å². The molecule has 0 saturated heterocycles. The molecule has 10 nitrogen and oxygen atoms in total. The summed E-state index contributed by atoms with van der Waals surface area (Å²) in [5.74, 6) is -0.846. The first-order valence-corrected chi connectivity index (χ1v) is 16.6. The van der Waals surface area contributed by atoms with Crippen molar-refractivity contribution in [1.29, 1.82) is 0 Å². The molecule has 0 fully saturated rings. The van der Waals surface area contributed by atoms with E-state index in [1.807, 2.05) is 30.3 Å². The number of carbonyl (C=O) groups excluding carboxylic acids is 2. The van der Waals surface area contributed by atoms with Crippen molar-refractivity contribution in [3.8, 4) is 22.8 Å². The van der Waals surface area contributed by atoms with Gasteiger partial charge in [-0.15, -0.1) is 0 Å². The number of aromatic nitrogens is 1. The average molecular weight is 686 g/mol. The van der Waals surface area contributed by atoms with Crippen molar-refractivity contribution in [1.82, 2.24) is 15.6 Å². The summed E-state index contributed by atoms with van der Waals surface area (Å²) in [6.45, 7) is 5.20. The van der Waals surface area contributed by atoms with Crippen LogP contribution in [0.4, 0.5) is 9.18 Å². The standard InChI is InChI=1S/C39H44FN3O7/c1-39(2,3)50-38(47)42-31(19-24-13-15-25(16-14-24)27-17-18-35(48-4)41-22-27)32(44)21-28(20-26-9-5-7-11-30(26)40)37(46)43-36-29-10-6-8-12-34(29)49-23-33(36)45/h5-18,22,28,31-33,36,44-45H,19-21,23H2,1-4H3,(H,42,47)(H,43,46)/t28-,31+,32+,33-,36+/m1/s1. The third kappa shape index (κ3) is 9.58. The third-order valence-electron chi connectivity index (χ3n) is 8.52. The zero-order valence-corrected chi connectivity index (χ0v) is 28.6. The van der Waals surface area contributed by atoms with E-state index in [1.165, 1.54) is 6.07 Å². The summed E-state index contributed by atoms with van der Waals surface area (Å²) >= 11 is 0. The predicted molar refractivity (Wildman–Crippen MR) is 186 cm³/mol. The number of aliphatic hydroxyl groups is 2. The van der Waals surface area contributed by atoms with Gasteiger partial charge in [0, 0.05) is 29.3 Å². The van der Waals surface area contributed by atoms with E-state index < -0.39 is 53.6 Å². The minimum Gasteiger partial charge on any atom is -0.490 e. The number of alkyl carbamates (subject to hydrolysis) is 1. The van der Waals surface area contributed by atoms with Crippen LogP contribution in [0.1, 0.15) is 49.9 Å². The van der Waals surface area contributed by atoms with E-state index in [0.717, 1.165) is 16.7 Å². The first kappa shape index (κ1) is 36.3. The summed E-state index contributed by atoms with van der Waals surface area (Å²) in [7, 11) is 1.55. The molecule has 3 aromatic carbocycles. The van der Waals surface area contributed by atoms with Gasteiger partial charge in [0.2, 0.25) is 11.8 Å². The van der Waals surface area contributed by atoms with Crippen molar-refractivity contribution < 1.29 is 38.4 Å². The molecule has 0 aliphatic carbocycles. The zero-order chi connectivity index (χ0) is 35.8. The molecule has 2 amide bonds. The van der Waals surface area contributed by atoms with Crippen molar-refractivity contribution in [3.05, 3.63) is 114 Å². The molecule has 264 valence electrons. The topological polar surface area (TPSA) is 139 Å². The van der Waals surface area contributed by atoms with Gasteiger partial charge in [0.05, 0.1) is 25.3 Å². The predicted octanol–water partition coefficient (Wildman–Crippen LogP) is 5.55. The van der Waals surface area contributed by atoms with E-state index in [9.17, 15) is 24.2 Å². The van der Waals surface area contributed by atoms with Crippen LogP contribution < -0.4 is 20.1 Å². The monoisotopic (exact) mass is 685 g/mol. The molecule has 1 aromatic heterocycles. The number of hydrogen-bond donors (Lipinski definition) is 4. The Kier molecular flexibility index (Phi) is 11.7. The van der Waals surface area contributed by atoms with Gasteiger partial charge in [0.1, 0.15) is 29.9 Å². The SMILES string of the molecule is COc1ccc(-c2ccc(C[C@H](NC(=O)OC(C)(C)C)[C@@H](O)C[C@@H](Cc3ccccc3F)C(=O)N[C@H]3c4ccccc4OC[C@H]3O)cc2)cn1. The molecule has 0 spiro atoms. The molecule has 1 aliphatic rings. The maximum atomic E-state index is 14.9. The van der Waals surface area contributed by atoms with Gasteiger partial charge in [-0.2, -0.15) is 0 Å². The molecule has 0 radical (unpaired) electrons. The third-order valence-corrected chi connectivity index (χ3v) is 8.52. The number of halogens is 1. The van der Waals surface area contributed by atoms with Crippen LogP contribution in [0, 0.1) is 11.7 Å². The fourth-order valence-corrected chi connectivity index (χ4v) is 5.96. The number of nitrogens with zero attached hydrogens (tertiary/aromatic N) is 1. The van der Waals surface area contributed by atoms with E-state index in [-0.39, 0.29) is 25.9 Å². The Labute approximate surface area is 291 Å². The highest BCUT2D eigenvalue weighted by atomic mass is 19.1. The molecule has 1 aliphatic heterocycles. The molecular weight excluding hydrogens is 641 g/mol. The highest BCUT2D eigenvalue weighted by molar-refractivity contribution is 5.80. The van der Waals surface area contributed by atoms with Crippen LogP contribution in [-0.4, -0.2) is 64.8 Å². The lowest BCUT2D eigenvalue weighted by molar-refractivity contribution is -0.128. The lowest BCUT2D eigenvalue weighted by atomic mass is 9.87. The molecule has 11 heteroatoms. The molecule has 4 N–H and O–H groups in total. The number of benzene rings is 3. The van der Waals surface area contributed by atoms with E-state index >= 15 is 0 Å². The van der Waals surface area contributed by atoms with Crippen LogP contribution in [0.2, 0.25) is 0 Å². The van der Waals surface area contributed by atoms with Crippen molar-refractivity contribution in [2.75, 3.05) is 13.7 Å². The van der Waals surface area contributed by atoms with Crippen LogP contribution in [0.25, 0.3) is 11.1 Å². The number of para-hydroxylation sites is 1. The smallest absolute Gasteiger partial charge is 0.407 e. The van der Waals surface area contributed by atoms with Gasteiger partial charge in [-0.3, -0.25) is 4.79 Å². The quantitative estimate of drug-likeness (QED) is 0.152. The van der Waals surface area contributed by atoms with Crippen LogP contribution in [-0.2, 0) is 22.4 Å². The Bertz CT molecular complexity index is 1740. The summed E-state index contributed by atoms with van der Waals surface area (Å²) < 4.78 is 31.2. The highest BCUT2D eigenvalue weighted by Crippen LogP contribution is 2.33. The zero-order valence-electron chi connectivity index (χ0n) is 28.6. The second-order valence-electron chi connectivity index (χ2n) is 13.4. The first-order chi connectivity index (χ1) is 23.9. The molecule has 2 heterocycles. The molecule has 50 heavy (non-hydrogen) atoms. The Morgan fingerprint density at radius 3 is 2.36 bits per heavy atom. The number of nitrogens with one attached hydrogen (secondary N) is 2. The summed E-state index contributed by atoms with van der Waals surface area (Å²) in [5.41, 5.74) is 2.74. The Morgan fingerprint density at radius 2 is 1.68 bits per heavy atom. The normalized spacial score (nSPS) is 17.3. The number of amides is 2. The average Bonchev–Trinajstić information content (AvgIpc) is 3.09. The Balaban J connectivity index is 1.39. The summed E-state index contributed by atoms with van der Waals surface area (Å²) in [5, 5.41) is 28.3. The molecular formula is C39H44FN3O7. The van der Waals surface area contributed by atoms with Gasteiger partial charge in [0.25, 0.3) is 0 Å². The molecule has 5 rings (SSSR count). The molecule has 5 atom stereocenters. The van der Waals surface area contributed by atoms with Crippen molar-refractivity contribution in [2.45, 2.75) is 69.9 Å². The minimum atomic E-state index is -1.25. The fraction of sp³-hybridized carbons (Fsp3) is 0.359. The maximum Gasteiger partial charge on any atom is 0.407 e. The number of methoxy groups -OCH3 is 1. The number of aliphatic hydroxyl groups excluding tert-OH is 2. The van der Waals surface area contributed by atoms with Gasteiger partial charge >= 0.3 is 6.09 Å². The Hall–Kier alpha value is -5.00. The van der Waals surface area contributed by atoms with E-state index in [1.54, 1.807) is 82.6 Å². The number of carbonyl (C=O) groups is 2. The van der Waals surface area contributed by atoms with Gasteiger partial charge < -0.3 is 35.1 Å². The van der Waals surface area contributed by atoms with Gasteiger partial charge in [-0.25, -0.2) is 14.2 Å². The first-order valence-electron chi connectivity index (χ1n) is 16.6. The number of ether oxygens (including phenoxy) is 3. The second kappa shape index (κ2) is 16.1. The lowest BCUT2D eigenvalue weighted by Gasteiger charge is -2.33. The lowest BCUT2D eigenvalue weighted by Crippen LogP contribution is -2.49. The number of fused-ring (bicyclic) bond motifs is 1. The van der Waals surface area contributed by atoms with Crippen LogP contribution in [0.5, 0.6) is 11.6 Å². The van der Waals surface area contributed by atoms with Gasteiger partial charge in [-0.05, 0) is 74.9 Å². The molecule has 0 bridgehead atoms. The Morgan fingerprint density at radius 1 is 0.980 bits per heavy atom. The molecule has 4 aromatic rings. The van der Waals surface area contributed by atoms with Gasteiger partial charge in [-0.1, -0.05) is 60.7 Å². The van der Waals surface area contributed by atoms with E-state index in [4.69, 9.17) is 14.2 Å².